The van der Waals surface area contributed by atoms with Crippen molar-refractivity contribution in [3.8, 4) is 22.9 Å². The number of carbonyl (C=O) groups is 2. The van der Waals surface area contributed by atoms with Crippen LogP contribution in [0.5, 0.6) is 11.5 Å². The number of nitrogens with zero attached hydrogens (tertiary/aromatic N) is 4. The van der Waals surface area contributed by atoms with Gasteiger partial charge in [0, 0.05) is 47.3 Å². The van der Waals surface area contributed by atoms with Gasteiger partial charge in [0.1, 0.15) is 0 Å². The maximum absolute atomic E-state index is 15.1. The third-order valence-electron chi connectivity index (χ3n) is 11.3. The monoisotopic (exact) mass is 754 g/mol. The smallest absolute Gasteiger partial charge is 0.297 e. The Morgan fingerprint density at radius 1 is 0.926 bits per heavy atom. The lowest BCUT2D eigenvalue weighted by Gasteiger charge is -2.33. The molecule has 3 aliphatic heterocycles. The number of anilines is 1. The van der Waals surface area contributed by atoms with Crippen molar-refractivity contribution >= 4 is 25.8 Å². The van der Waals surface area contributed by atoms with Crippen LogP contribution < -0.4 is 25.5 Å². The number of hydrogen-bond donors (Lipinski definition) is 2. The molecule has 0 bridgehead atoms. The van der Waals surface area contributed by atoms with E-state index in [9.17, 15) is 24.3 Å². The molecule has 2 fully saturated rings. The van der Waals surface area contributed by atoms with Gasteiger partial charge >= 0.3 is 0 Å². The first kappa shape index (κ1) is 37.3. The number of aromatic nitrogens is 2. The SMILES string of the molecule is COc1cccn(-c2ccc(CN3C(=O)[C@@]4(O[C@@H](CC(=O)N5CCC[C@H]5CO)[C@H]([Si](C)(C)O)[C@H]4C)c4cc(-n5cccc(OC)c5=O)ccc43)cc2)c1=O. The Morgan fingerprint density at radius 3 is 2.13 bits per heavy atom. The minimum absolute atomic E-state index is 0.0486. The lowest BCUT2D eigenvalue weighted by Crippen LogP contribution is -2.46. The average Bonchev–Trinajstić information content (AvgIpc) is 3.82. The number of rotatable bonds is 10. The Bertz CT molecular complexity index is 2200. The van der Waals surface area contributed by atoms with Gasteiger partial charge in [-0.3, -0.25) is 28.3 Å². The van der Waals surface area contributed by atoms with Crippen LogP contribution in [0, 0.1) is 5.92 Å². The van der Waals surface area contributed by atoms with Crippen molar-refractivity contribution in [3.63, 3.8) is 0 Å². The lowest BCUT2D eigenvalue weighted by molar-refractivity contribution is -0.150. The molecule has 5 heterocycles. The molecule has 5 atom stereocenters. The zero-order chi connectivity index (χ0) is 38.5. The molecular formula is C40H46N4O9Si. The van der Waals surface area contributed by atoms with E-state index in [0.717, 1.165) is 12.0 Å². The molecule has 0 radical (unpaired) electrons. The van der Waals surface area contributed by atoms with Crippen LogP contribution in [0.4, 0.5) is 5.69 Å². The second-order valence-corrected chi connectivity index (χ2v) is 18.9. The van der Waals surface area contributed by atoms with Crippen LogP contribution in [0.25, 0.3) is 11.4 Å². The zero-order valence-corrected chi connectivity index (χ0v) is 32.1. The number of likely N-dealkylation sites (tertiary alicyclic amines) is 1. The molecule has 1 spiro atoms. The van der Waals surface area contributed by atoms with Crippen LogP contribution in [0.2, 0.25) is 18.6 Å². The molecule has 7 rings (SSSR count). The van der Waals surface area contributed by atoms with E-state index >= 15 is 4.79 Å². The molecule has 0 saturated carbocycles. The number of carbonyl (C=O) groups excluding carboxylic acids is 2. The number of fused-ring (bicyclic) bond motifs is 2. The molecule has 2 aromatic heterocycles. The number of aliphatic hydroxyl groups excluding tert-OH is 1. The minimum atomic E-state index is -3.10. The highest BCUT2D eigenvalue weighted by atomic mass is 28.4. The Kier molecular flexibility index (Phi) is 9.89. The van der Waals surface area contributed by atoms with Gasteiger partial charge in [-0.05, 0) is 86.1 Å². The summed E-state index contributed by atoms with van der Waals surface area (Å²) in [6.07, 6.45) is 3.96. The van der Waals surface area contributed by atoms with Gasteiger partial charge in [0.05, 0.1) is 51.6 Å². The molecule has 2 amide bonds. The van der Waals surface area contributed by atoms with Crippen LogP contribution in [0.15, 0.2) is 88.7 Å². The average molecular weight is 755 g/mol. The summed E-state index contributed by atoms with van der Waals surface area (Å²) in [5.41, 5.74) is 0.279. The summed E-state index contributed by atoms with van der Waals surface area (Å²) in [4.78, 5) is 70.4. The van der Waals surface area contributed by atoms with E-state index < -0.39 is 31.5 Å². The third kappa shape index (κ3) is 6.16. The van der Waals surface area contributed by atoms with Gasteiger partial charge in [-0.1, -0.05) is 19.1 Å². The number of pyridine rings is 2. The molecule has 0 aliphatic carbocycles. The van der Waals surface area contributed by atoms with Crippen molar-refractivity contribution in [3.05, 3.63) is 111 Å². The molecule has 4 aromatic rings. The standard InChI is InChI=1S/C40H46N4O9Si/c1-25-36(54(4,5)50)34(22-35(46)41-18-6-9-29(41)24-45)53-40(25)30-21-28(43-20-8-11-33(52-3)38(43)48)16-17-31(30)44(39(40)49)23-26-12-14-27(15-13-26)42-19-7-10-32(51-2)37(42)47/h7-8,10-17,19-21,25,29,34,36,45,50H,6,9,18,22-24H2,1-5H3/t25-,29+,34+,36-,40+/m1/s1. The lowest BCUT2D eigenvalue weighted by atomic mass is 9.82. The summed E-state index contributed by atoms with van der Waals surface area (Å²) >= 11 is 0. The fourth-order valence-corrected chi connectivity index (χ4v) is 11.4. The predicted molar refractivity (Wildman–Crippen MR) is 204 cm³/mol. The fraction of sp³-hybridized carbons (Fsp3) is 0.400. The molecule has 3 aliphatic rings. The second kappa shape index (κ2) is 14.3. The van der Waals surface area contributed by atoms with Gasteiger partial charge < -0.3 is 33.9 Å². The third-order valence-corrected chi connectivity index (χ3v) is 13.9. The summed E-state index contributed by atoms with van der Waals surface area (Å²) in [7, 11) is -0.222. The van der Waals surface area contributed by atoms with E-state index in [-0.39, 0.29) is 60.0 Å². The minimum Gasteiger partial charge on any atom is -0.491 e. The number of amides is 2. The fourth-order valence-electron chi connectivity index (χ4n) is 8.83. The first-order chi connectivity index (χ1) is 25.8. The van der Waals surface area contributed by atoms with Gasteiger partial charge in [-0.2, -0.15) is 0 Å². The number of hydrogen-bond acceptors (Lipinski definition) is 9. The first-order valence-corrected chi connectivity index (χ1v) is 21.2. The molecule has 54 heavy (non-hydrogen) atoms. The summed E-state index contributed by atoms with van der Waals surface area (Å²) < 4.78 is 20.4. The van der Waals surface area contributed by atoms with Gasteiger partial charge in [0.25, 0.3) is 17.0 Å². The molecule has 2 aromatic carbocycles. The Balaban J connectivity index is 1.31. The highest BCUT2D eigenvalue weighted by molar-refractivity contribution is 6.71. The highest BCUT2D eigenvalue weighted by Gasteiger charge is 2.66. The van der Waals surface area contributed by atoms with Crippen molar-refractivity contribution in [1.82, 2.24) is 14.0 Å². The normalized spacial score (nSPS) is 23.6. The first-order valence-electron chi connectivity index (χ1n) is 18.2. The van der Waals surface area contributed by atoms with E-state index in [1.807, 2.05) is 19.1 Å². The van der Waals surface area contributed by atoms with Crippen LogP contribution in [0.3, 0.4) is 0 Å². The van der Waals surface area contributed by atoms with Gasteiger partial charge in [-0.25, -0.2) is 0 Å². The number of ether oxygens (including phenoxy) is 3. The molecule has 284 valence electrons. The molecule has 2 saturated heterocycles. The number of benzene rings is 2. The Labute approximate surface area is 314 Å². The summed E-state index contributed by atoms with van der Waals surface area (Å²) in [6.45, 7) is 6.07. The predicted octanol–water partition coefficient (Wildman–Crippen LogP) is 3.72. The van der Waals surface area contributed by atoms with Crippen molar-refractivity contribution in [2.24, 2.45) is 5.92 Å². The van der Waals surface area contributed by atoms with E-state index in [0.29, 0.717) is 35.6 Å². The van der Waals surface area contributed by atoms with Crippen molar-refractivity contribution in [2.75, 3.05) is 32.3 Å². The highest BCUT2D eigenvalue weighted by Crippen LogP contribution is 2.60. The van der Waals surface area contributed by atoms with Crippen molar-refractivity contribution in [2.45, 2.75) is 69.1 Å². The molecular weight excluding hydrogens is 709 g/mol. The zero-order valence-electron chi connectivity index (χ0n) is 31.1. The van der Waals surface area contributed by atoms with E-state index in [1.165, 1.54) is 23.4 Å². The van der Waals surface area contributed by atoms with Gasteiger partial charge in [0.2, 0.25) is 5.91 Å². The summed E-state index contributed by atoms with van der Waals surface area (Å²) in [6, 6.07) is 19.0. The molecule has 2 N–H and O–H groups in total. The van der Waals surface area contributed by atoms with Crippen molar-refractivity contribution in [1.29, 1.82) is 0 Å². The van der Waals surface area contributed by atoms with E-state index in [2.05, 4.69) is 0 Å². The number of aliphatic hydroxyl groups is 1. The van der Waals surface area contributed by atoms with Crippen LogP contribution in [-0.4, -0.2) is 83.6 Å². The Morgan fingerprint density at radius 2 is 1.54 bits per heavy atom. The van der Waals surface area contributed by atoms with Gasteiger partial charge in [0.15, 0.2) is 25.4 Å². The topological polar surface area (TPSA) is 153 Å². The van der Waals surface area contributed by atoms with E-state index in [1.54, 1.807) is 89.9 Å². The molecule has 13 nitrogen and oxygen atoms in total. The van der Waals surface area contributed by atoms with Crippen molar-refractivity contribution < 1.29 is 33.7 Å². The number of methoxy groups -OCH3 is 2. The van der Waals surface area contributed by atoms with Crippen LogP contribution >= 0.6 is 0 Å². The quantitative estimate of drug-likeness (QED) is 0.231. The summed E-state index contributed by atoms with van der Waals surface area (Å²) in [5, 5.41) is 9.95. The maximum Gasteiger partial charge on any atom is 0.297 e. The van der Waals surface area contributed by atoms with Crippen LogP contribution in [0.1, 0.15) is 37.3 Å². The van der Waals surface area contributed by atoms with Gasteiger partial charge in [-0.15, -0.1) is 0 Å². The van der Waals surface area contributed by atoms with Crippen LogP contribution in [-0.2, 0) is 26.5 Å². The molecule has 14 heteroatoms. The largest absolute Gasteiger partial charge is 0.491 e. The summed E-state index contributed by atoms with van der Waals surface area (Å²) in [5.74, 6) is -0.692. The van der Waals surface area contributed by atoms with E-state index in [4.69, 9.17) is 14.2 Å². The molecule has 0 unspecified atom stereocenters. The maximum atomic E-state index is 15.1. The second-order valence-electron chi connectivity index (χ2n) is 14.9. The Hall–Kier alpha value is -5.02.